The van der Waals surface area contributed by atoms with Crippen LogP contribution >= 0.6 is 0 Å². The number of nitrogens with zero attached hydrogens (tertiary/aromatic N) is 2. The van der Waals surface area contributed by atoms with Gasteiger partial charge in [0, 0.05) is 6.54 Å². The monoisotopic (exact) mass is 233 g/mol. The molecule has 0 saturated carbocycles. The minimum Gasteiger partial charge on any atom is -0.395 e. The summed E-state index contributed by atoms with van der Waals surface area (Å²) in [5.74, 6) is 0.615. The Morgan fingerprint density at radius 1 is 1.41 bits per heavy atom. The smallest absolute Gasteiger partial charge is 0.258 e. The number of benzene rings is 1. The molecule has 1 aromatic heterocycles. The quantitative estimate of drug-likeness (QED) is 0.799. The Labute approximate surface area is 98.7 Å². The van der Waals surface area contributed by atoms with Crippen molar-refractivity contribution in [3.63, 3.8) is 0 Å². The number of aromatic amines is 1. The summed E-state index contributed by atoms with van der Waals surface area (Å²) in [6.45, 7) is 1.16. The van der Waals surface area contributed by atoms with E-state index in [-0.39, 0.29) is 12.2 Å². The number of aliphatic hydroxyl groups excluding tert-OH is 1. The highest BCUT2D eigenvalue weighted by Crippen LogP contribution is 2.06. The van der Waals surface area contributed by atoms with Crippen molar-refractivity contribution in [1.82, 2.24) is 14.9 Å². The van der Waals surface area contributed by atoms with Gasteiger partial charge in [-0.25, -0.2) is 4.98 Å². The molecule has 0 aliphatic carbocycles. The number of aliphatic hydroxyl groups is 1. The van der Waals surface area contributed by atoms with Crippen LogP contribution in [0.15, 0.2) is 29.1 Å². The molecule has 0 unspecified atom stereocenters. The van der Waals surface area contributed by atoms with Crippen LogP contribution in [0.1, 0.15) is 5.82 Å². The summed E-state index contributed by atoms with van der Waals surface area (Å²) in [7, 11) is 1.87. The molecule has 2 rings (SSSR count). The zero-order chi connectivity index (χ0) is 12.3. The first kappa shape index (κ1) is 11.8. The van der Waals surface area contributed by atoms with E-state index in [0.29, 0.717) is 29.8 Å². The van der Waals surface area contributed by atoms with E-state index >= 15 is 0 Å². The highest BCUT2D eigenvalue weighted by molar-refractivity contribution is 5.77. The van der Waals surface area contributed by atoms with Gasteiger partial charge >= 0.3 is 0 Å². The Bertz CT molecular complexity index is 565. The Morgan fingerprint density at radius 3 is 2.94 bits per heavy atom. The molecule has 17 heavy (non-hydrogen) atoms. The topological polar surface area (TPSA) is 69.2 Å². The van der Waals surface area contributed by atoms with E-state index in [0.717, 1.165) is 0 Å². The molecule has 0 spiro atoms. The van der Waals surface area contributed by atoms with Crippen LogP contribution in [-0.4, -0.2) is 40.2 Å². The third kappa shape index (κ3) is 2.69. The van der Waals surface area contributed by atoms with Crippen LogP contribution in [0, 0.1) is 0 Å². The number of fused-ring (bicyclic) bond motifs is 1. The second-order valence-electron chi connectivity index (χ2n) is 3.99. The standard InChI is InChI=1S/C12H15N3O2/c1-15(6-7-16)8-11-13-10-5-3-2-4-9(10)12(17)14-11/h2-5,16H,6-8H2,1H3,(H,13,14,17). The van der Waals surface area contributed by atoms with Crippen LogP contribution in [0.3, 0.4) is 0 Å². The van der Waals surface area contributed by atoms with Gasteiger partial charge in [-0.1, -0.05) is 12.1 Å². The lowest BCUT2D eigenvalue weighted by Gasteiger charge is -2.14. The second-order valence-corrected chi connectivity index (χ2v) is 3.99. The highest BCUT2D eigenvalue weighted by atomic mass is 16.3. The molecule has 1 aromatic carbocycles. The Hall–Kier alpha value is -1.72. The molecule has 0 fully saturated rings. The van der Waals surface area contributed by atoms with Crippen molar-refractivity contribution in [2.45, 2.75) is 6.54 Å². The predicted molar refractivity (Wildman–Crippen MR) is 65.8 cm³/mol. The summed E-state index contributed by atoms with van der Waals surface area (Å²) in [5, 5.41) is 9.41. The zero-order valence-corrected chi connectivity index (χ0v) is 9.68. The van der Waals surface area contributed by atoms with Crippen LogP contribution in [0.25, 0.3) is 10.9 Å². The number of nitrogens with one attached hydrogen (secondary N) is 1. The maximum atomic E-state index is 11.8. The molecule has 90 valence electrons. The van der Waals surface area contributed by atoms with E-state index in [1.54, 1.807) is 6.07 Å². The Morgan fingerprint density at radius 2 is 2.18 bits per heavy atom. The van der Waals surface area contributed by atoms with Crippen molar-refractivity contribution in [3.8, 4) is 0 Å². The average molecular weight is 233 g/mol. The molecule has 0 aliphatic rings. The number of hydrogen-bond acceptors (Lipinski definition) is 4. The van der Waals surface area contributed by atoms with Gasteiger partial charge in [0.25, 0.3) is 5.56 Å². The van der Waals surface area contributed by atoms with E-state index in [2.05, 4.69) is 9.97 Å². The lowest BCUT2D eigenvalue weighted by atomic mass is 10.2. The maximum Gasteiger partial charge on any atom is 0.258 e. The number of likely N-dealkylation sites (N-methyl/N-ethyl adjacent to an activating group) is 1. The van der Waals surface area contributed by atoms with Crippen LogP contribution in [-0.2, 0) is 6.54 Å². The SMILES string of the molecule is CN(CCO)Cc1nc2ccccc2c(=O)[nH]1. The van der Waals surface area contributed by atoms with Crippen LogP contribution in [0.5, 0.6) is 0 Å². The fourth-order valence-corrected chi connectivity index (χ4v) is 1.72. The Balaban J connectivity index is 2.33. The summed E-state index contributed by atoms with van der Waals surface area (Å²) < 4.78 is 0. The molecule has 5 heteroatoms. The first-order valence-electron chi connectivity index (χ1n) is 5.48. The molecular formula is C12H15N3O2. The fraction of sp³-hybridized carbons (Fsp3) is 0.333. The van der Waals surface area contributed by atoms with E-state index in [9.17, 15) is 4.79 Å². The number of hydrogen-bond donors (Lipinski definition) is 2. The van der Waals surface area contributed by atoms with E-state index < -0.39 is 0 Å². The zero-order valence-electron chi connectivity index (χ0n) is 9.68. The van der Waals surface area contributed by atoms with Gasteiger partial charge in [-0.15, -0.1) is 0 Å². The van der Waals surface area contributed by atoms with Gasteiger partial charge in [-0.2, -0.15) is 0 Å². The van der Waals surface area contributed by atoms with Crippen LogP contribution < -0.4 is 5.56 Å². The van der Waals surface area contributed by atoms with Gasteiger partial charge in [0.15, 0.2) is 0 Å². The van der Waals surface area contributed by atoms with Gasteiger partial charge < -0.3 is 10.1 Å². The van der Waals surface area contributed by atoms with Crippen molar-refractivity contribution < 1.29 is 5.11 Å². The molecule has 0 bridgehead atoms. The molecule has 0 radical (unpaired) electrons. The molecular weight excluding hydrogens is 218 g/mol. The molecule has 2 N–H and O–H groups in total. The van der Waals surface area contributed by atoms with Gasteiger partial charge in [-0.3, -0.25) is 9.69 Å². The largest absolute Gasteiger partial charge is 0.395 e. The first-order valence-corrected chi connectivity index (χ1v) is 5.48. The lowest BCUT2D eigenvalue weighted by molar-refractivity contribution is 0.214. The van der Waals surface area contributed by atoms with Gasteiger partial charge in [0.2, 0.25) is 0 Å². The first-order chi connectivity index (χ1) is 8.20. The average Bonchev–Trinajstić information content (AvgIpc) is 2.29. The van der Waals surface area contributed by atoms with Gasteiger partial charge in [0.05, 0.1) is 24.1 Å². The van der Waals surface area contributed by atoms with Crippen molar-refractivity contribution >= 4 is 10.9 Å². The molecule has 0 atom stereocenters. The molecule has 0 saturated heterocycles. The summed E-state index contributed by atoms with van der Waals surface area (Å²) in [6.07, 6.45) is 0. The maximum absolute atomic E-state index is 11.8. The molecule has 5 nitrogen and oxygen atoms in total. The summed E-state index contributed by atoms with van der Waals surface area (Å²) in [6, 6.07) is 7.25. The van der Waals surface area contributed by atoms with E-state index in [4.69, 9.17) is 5.11 Å². The van der Waals surface area contributed by atoms with Crippen molar-refractivity contribution in [3.05, 3.63) is 40.4 Å². The number of rotatable bonds is 4. The Kier molecular flexibility index (Phi) is 3.51. The fourth-order valence-electron chi connectivity index (χ4n) is 1.72. The molecule has 2 aromatic rings. The summed E-state index contributed by atoms with van der Waals surface area (Å²) in [5.41, 5.74) is 0.576. The normalized spacial score (nSPS) is 11.2. The second kappa shape index (κ2) is 5.07. The minimum atomic E-state index is -0.122. The van der Waals surface area contributed by atoms with Gasteiger partial charge in [-0.05, 0) is 19.2 Å². The van der Waals surface area contributed by atoms with Crippen molar-refractivity contribution in [2.75, 3.05) is 20.2 Å². The van der Waals surface area contributed by atoms with E-state index in [1.165, 1.54) is 0 Å². The summed E-state index contributed by atoms with van der Waals surface area (Å²) in [4.78, 5) is 20.8. The molecule has 0 aliphatic heterocycles. The third-order valence-corrected chi connectivity index (χ3v) is 2.56. The third-order valence-electron chi connectivity index (χ3n) is 2.56. The number of para-hydroxylation sites is 1. The van der Waals surface area contributed by atoms with Crippen LogP contribution in [0.4, 0.5) is 0 Å². The van der Waals surface area contributed by atoms with Crippen molar-refractivity contribution in [2.24, 2.45) is 0 Å². The molecule has 0 amide bonds. The molecule has 1 heterocycles. The summed E-state index contributed by atoms with van der Waals surface area (Å²) >= 11 is 0. The van der Waals surface area contributed by atoms with E-state index in [1.807, 2.05) is 30.1 Å². The predicted octanol–water partition coefficient (Wildman–Crippen LogP) is 0.347. The van der Waals surface area contributed by atoms with Crippen molar-refractivity contribution in [1.29, 1.82) is 0 Å². The van der Waals surface area contributed by atoms with Crippen LogP contribution in [0.2, 0.25) is 0 Å². The lowest BCUT2D eigenvalue weighted by Crippen LogP contribution is -2.24. The van der Waals surface area contributed by atoms with Gasteiger partial charge in [0.1, 0.15) is 5.82 Å². The minimum absolute atomic E-state index is 0.0916. The number of H-pyrrole nitrogens is 1. The number of aromatic nitrogens is 2. The highest BCUT2D eigenvalue weighted by Gasteiger charge is 2.05.